The smallest absolute Gasteiger partial charge is 0.375 e. The Kier molecular flexibility index (Phi) is 3.71. The van der Waals surface area contributed by atoms with Crippen LogP contribution < -0.4 is 0 Å². The molecule has 2 aromatic rings. The first-order valence-electron chi connectivity index (χ1n) is 4.67. The second-order valence-corrected chi connectivity index (χ2v) is 3.89. The zero-order chi connectivity index (χ0) is 11.2. The molecule has 84 valence electrons. The molecular weight excluding hydrogens is 228 g/mol. The van der Waals surface area contributed by atoms with Crippen molar-refractivity contribution in [3.63, 3.8) is 0 Å². The Morgan fingerprint density at radius 1 is 1.25 bits per heavy atom. The van der Waals surface area contributed by atoms with Crippen LogP contribution in [-0.4, -0.2) is 11.9 Å². The van der Waals surface area contributed by atoms with Gasteiger partial charge in [-0.05, 0) is 24.3 Å². The van der Waals surface area contributed by atoms with Gasteiger partial charge in [0, 0.05) is 0 Å². The Bertz CT molecular complexity index is 419. The Balaban J connectivity index is 1.67. The van der Waals surface area contributed by atoms with Gasteiger partial charge in [0.25, 0.3) is 0 Å². The maximum absolute atomic E-state index is 11.3. The molecule has 0 aliphatic rings. The SMILES string of the molecule is O=C(OCSCc1ccco1)c1ccco1. The molecule has 0 saturated carbocycles. The van der Waals surface area contributed by atoms with Crippen molar-refractivity contribution in [1.82, 2.24) is 0 Å². The second kappa shape index (κ2) is 5.46. The summed E-state index contributed by atoms with van der Waals surface area (Å²) in [6, 6.07) is 6.91. The number of hydrogen-bond acceptors (Lipinski definition) is 5. The van der Waals surface area contributed by atoms with Gasteiger partial charge < -0.3 is 13.6 Å². The van der Waals surface area contributed by atoms with Crippen molar-refractivity contribution in [1.29, 1.82) is 0 Å². The molecule has 0 spiro atoms. The van der Waals surface area contributed by atoms with Crippen LogP contribution in [0.5, 0.6) is 0 Å². The molecule has 4 nitrogen and oxygen atoms in total. The van der Waals surface area contributed by atoms with Gasteiger partial charge in [-0.3, -0.25) is 0 Å². The van der Waals surface area contributed by atoms with Crippen molar-refractivity contribution in [2.45, 2.75) is 5.75 Å². The third-order valence-corrected chi connectivity index (χ3v) is 2.59. The second-order valence-electron chi connectivity index (χ2n) is 2.95. The van der Waals surface area contributed by atoms with E-state index >= 15 is 0 Å². The fourth-order valence-corrected chi connectivity index (χ4v) is 1.74. The summed E-state index contributed by atoms with van der Waals surface area (Å²) in [6.45, 7) is 0. The Labute approximate surface area is 96.6 Å². The van der Waals surface area contributed by atoms with Crippen LogP contribution >= 0.6 is 11.8 Å². The quantitative estimate of drug-likeness (QED) is 0.455. The predicted octanol–water partition coefficient (Wildman–Crippen LogP) is 2.92. The van der Waals surface area contributed by atoms with Gasteiger partial charge in [-0.2, -0.15) is 0 Å². The molecule has 0 N–H and O–H groups in total. The molecule has 16 heavy (non-hydrogen) atoms. The fourth-order valence-electron chi connectivity index (χ4n) is 1.10. The lowest BCUT2D eigenvalue weighted by molar-refractivity contribution is 0.0543. The van der Waals surface area contributed by atoms with Crippen molar-refractivity contribution in [3.8, 4) is 0 Å². The summed E-state index contributed by atoms with van der Waals surface area (Å²) in [6.07, 6.45) is 3.05. The highest BCUT2D eigenvalue weighted by molar-refractivity contribution is 7.98. The van der Waals surface area contributed by atoms with Gasteiger partial charge in [-0.15, -0.1) is 11.8 Å². The van der Waals surface area contributed by atoms with Crippen molar-refractivity contribution in [2.75, 3.05) is 5.94 Å². The summed E-state index contributed by atoms with van der Waals surface area (Å²) in [5.74, 6) is 1.59. The summed E-state index contributed by atoms with van der Waals surface area (Å²) in [7, 11) is 0. The van der Waals surface area contributed by atoms with Crippen molar-refractivity contribution in [3.05, 3.63) is 48.3 Å². The molecule has 0 aliphatic carbocycles. The van der Waals surface area contributed by atoms with Crippen molar-refractivity contribution >= 4 is 17.7 Å². The molecule has 0 aromatic carbocycles. The number of carbonyl (C=O) groups is 1. The zero-order valence-electron chi connectivity index (χ0n) is 8.42. The summed E-state index contributed by atoms with van der Waals surface area (Å²) < 4.78 is 15.0. The van der Waals surface area contributed by atoms with E-state index in [9.17, 15) is 4.79 Å². The number of carbonyl (C=O) groups excluding carboxylic acids is 1. The number of thioether (sulfide) groups is 1. The van der Waals surface area contributed by atoms with Crippen molar-refractivity contribution in [2.24, 2.45) is 0 Å². The predicted molar refractivity (Wildman–Crippen MR) is 59.0 cm³/mol. The Morgan fingerprint density at radius 2 is 2.06 bits per heavy atom. The van der Waals surface area contributed by atoms with Gasteiger partial charge in [0.15, 0.2) is 0 Å². The van der Waals surface area contributed by atoms with E-state index in [1.54, 1.807) is 18.4 Å². The molecule has 0 amide bonds. The third kappa shape index (κ3) is 2.93. The maximum Gasteiger partial charge on any atom is 0.375 e. The first-order chi connectivity index (χ1) is 7.86. The fraction of sp³-hybridized carbons (Fsp3) is 0.182. The monoisotopic (exact) mass is 238 g/mol. The van der Waals surface area contributed by atoms with Gasteiger partial charge in [-0.1, -0.05) is 0 Å². The topological polar surface area (TPSA) is 52.6 Å². The van der Waals surface area contributed by atoms with Crippen LogP contribution in [0.4, 0.5) is 0 Å². The van der Waals surface area contributed by atoms with E-state index in [1.165, 1.54) is 18.0 Å². The summed E-state index contributed by atoms with van der Waals surface area (Å²) in [4.78, 5) is 11.3. The molecule has 0 bridgehead atoms. The molecule has 0 saturated heterocycles. The molecule has 0 unspecified atom stereocenters. The molecule has 2 rings (SSSR count). The molecular formula is C11H10O4S. The number of hydrogen-bond donors (Lipinski definition) is 0. The largest absolute Gasteiger partial charge is 0.468 e. The molecule has 2 aromatic heterocycles. The summed E-state index contributed by atoms with van der Waals surface area (Å²) in [5, 5.41) is 0. The van der Waals surface area contributed by atoms with E-state index < -0.39 is 5.97 Å². The molecule has 2 heterocycles. The third-order valence-electron chi connectivity index (χ3n) is 1.82. The molecule has 0 atom stereocenters. The minimum Gasteiger partial charge on any atom is -0.468 e. The first kappa shape index (κ1) is 10.9. The number of furan rings is 2. The van der Waals surface area contributed by atoms with Crippen LogP contribution in [0, 0.1) is 0 Å². The lowest BCUT2D eigenvalue weighted by Crippen LogP contribution is -2.03. The van der Waals surface area contributed by atoms with E-state index in [4.69, 9.17) is 13.6 Å². The first-order valence-corrected chi connectivity index (χ1v) is 5.82. The Morgan fingerprint density at radius 3 is 2.75 bits per heavy atom. The standard InChI is InChI=1S/C11H10O4S/c12-11(10-4-2-6-14-10)15-8-16-7-9-3-1-5-13-9/h1-6H,7-8H2. The Hall–Kier alpha value is -1.62. The van der Waals surface area contributed by atoms with Crippen LogP contribution in [0.3, 0.4) is 0 Å². The summed E-state index contributed by atoms with van der Waals surface area (Å²) in [5.41, 5.74) is 0. The minimum absolute atomic E-state index is 0.221. The highest BCUT2D eigenvalue weighted by atomic mass is 32.2. The lowest BCUT2D eigenvalue weighted by atomic mass is 10.5. The van der Waals surface area contributed by atoms with Crippen LogP contribution in [0.25, 0.3) is 0 Å². The van der Waals surface area contributed by atoms with Gasteiger partial charge >= 0.3 is 5.97 Å². The average molecular weight is 238 g/mol. The van der Waals surface area contributed by atoms with Crippen LogP contribution in [-0.2, 0) is 10.5 Å². The van der Waals surface area contributed by atoms with E-state index in [-0.39, 0.29) is 11.7 Å². The summed E-state index contributed by atoms with van der Waals surface area (Å²) >= 11 is 1.46. The van der Waals surface area contributed by atoms with Gasteiger partial charge in [0.1, 0.15) is 11.7 Å². The van der Waals surface area contributed by atoms with E-state index in [1.807, 2.05) is 12.1 Å². The highest BCUT2D eigenvalue weighted by Gasteiger charge is 2.09. The van der Waals surface area contributed by atoms with E-state index in [0.717, 1.165) is 5.76 Å². The van der Waals surface area contributed by atoms with Crippen LogP contribution in [0.2, 0.25) is 0 Å². The molecule has 5 heteroatoms. The molecule has 0 fully saturated rings. The van der Waals surface area contributed by atoms with Gasteiger partial charge in [0.2, 0.25) is 5.76 Å². The zero-order valence-corrected chi connectivity index (χ0v) is 9.24. The highest BCUT2D eigenvalue weighted by Crippen LogP contribution is 2.13. The van der Waals surface area contributed by atoms with Crippen LogP contribution in [0.15, 0.2) is 45.6 Å². The number of rotatable bonds is 5. The minimum atomic E-state index is -0.447. The number of esters is 1. The van der Waals surface area contributed by atoms with E-state index in [0.29, 0.717) is 5.75 Å². The van der Waals surface area contributed by atoms with Crippen molar-refractivity contribution < 1.29 is 18.4 Å². The van der Waals surface area contributed by atoms with E-state index in [2.05, 4.69) is 0 Å². The maximum atomic E-state index is 11.3. The lowest BCUT2D eigenvalue weighted by Gasteiger charge is -2.01. The molecule has 0 radical (unpaired) electrons. The van der Waals surface area contributed by atoms with Gasteiger partial charge in [-0.25, -0.2) is 4.79 Å². The van der Waals surface area contributed by atoms with Gasteiger partial charge in [0.05, 0.1) is 18.3 Å². The normalized spacial score (nSPS) is 10.2. The average Bonchev–Trinajstić information content (AvgIpc) is 2.96. The number of ether oxygens (including phenoxy) is 1. The van der Waals surface area contributed by atoms with Crippen LogP contribution in [0.1, 0.15) is 16.3 Å². The molecule has 0 aliphatic heterocycles.